The Labute approximate surface area is 123 Å². The van der Waals surface area contributed by atoms with Gasteiger partial charge in [-0.15, -0.1) is 0 Å². The van der Waals surface area contributed by atoms with Gasteiger partial charge in [0.25, 0.3) is 0 Å². The Morgan fingerprint density at radius 2 is 2.29 bits per heavy atom. The molecule has 1 amide bonds. The molecule has 1 heterocycles. The molecule has 0 aliphatic carbocycles. The summed E-state index contributed by atoms with van der Waals surface area (Å²) in [5, 5.41) is 3.99. The SMILES string of the molecule is COc1ccc2[nH]cc(CCNC(=O)CCCC=O)c2c1. The smallest absolute Gasteiger partial charge is 0.220 e. The van der Waals surface area contributed by atoms with Gasteiger partial charge in [0.2, 0.25) is 5.91 Å². The lowest BCUT2D eigenvalue weighted by Gasteiger charge is -2.05. The number of carbonyl (C=O) groups is 2. The fourth-order valence-corrected chi connectivity index (χ4v) is 2.26. The van der Waals surface area contributed by atoms with Gasteiger partial charge in [0.15, 0.2) is 0 Å². The lowest BCUT2D eigenvalue weighted by molar-refractivity contribution is -0.121. The van der Waals surface area contributed by atoms with Gasteiger partial charge in [0, 0.05) is 36.5 Å². The molecule has 5 heteroatoms. The molecule has 0 radical (unpaired) electrons. The van der Waals surface area contributed by atoms with Crippen molar-refractivity contribution >= 4 is 23.1 Å². The number of aromatic nitrogens is 1. The number of rotatable bonds is 8. The normalized spacial score (nSPS) is 10.5. The predicted octanol–water partition coefficient (Wildman–Crippen LogP) is 2.20. The van der Waals surface area contributed by atoms with Crippen molar-refractivity contribution < 1.29 is 14.3 Å². The van der Waals surface area contributed by atoms with Gasteiger partial charge in [-0.25, -0.2) is 0 Å². The van der Waals surface area contributed by atoms with Crippen LogP contribution in [0.2, 0.25) is 0 Å². The van der Waals surface area contributed by atoms with E-state index in [0.29, 0.717) is 25.8 Å². The van der Waals surface area contributed by atoms with Crippen molar-refractivity contribution in [1.29, 1.82) is 0 Å². The summed E-state index contributed by atoms with van der Waals surface area (Å²) in [4.78, 5) is 25.0. The van der Waals surface area contributed by atoms with E-state index >= 15 is 0 Å². The number of hydrogen-bond donors (Lipinski definition) is 2. The molecule has 0 saturated carbocycles. The number of nitrogens with one attached hydrogen (secondary N) is 2. The van der Waals surface area contributed by atoms with Crippen LogP contribution in [0.1, 0.15) is 24.8 Å². The van der Waals surface area contributed by atoms with Crippen LogP contribution in [0.3, 0.4) is 0 Å². The van der Waals surface area contributed by atoms with Crippen molar-refractivity contribution in [2.24, 2.45) is 0 Å². The molecule has 0 fully saturated rings. The third-order valence-electron chi connectivity index (χ3n) is 3.42. The summed E-state index contributed by atoms with van der Waals surface area (Å²) in [6, 6.07) is 5.89. The van der Waals surface area contributed by atoms with Crippen molar-refractivity contribution in [1.82, 2.24) is 10.3 Å². The lowest BCUT2D eigenvalue weighted by atomic mass is 10.1. The largest absolute Gasteiger partial charge is 0.497 e. The van der Waals surface area contributed by atoms with Crippen molar-refractivity contribution in [3.63, 3.8) is 0 Å². The van der Waals surface area contributed by atoms with Crippen LogP contribution in [0.4, 0.5) is 0 Å². The van der Waals surface area contributed by atoms with Gasteiger partial charge in [-0.1, -0.05) is 0 Å². The molecule has 5 nitrogen and oxygen atoms in total. The molecular weight excluding hydrogens is 268 g/mol. The maximum atomic E-state index is 11.6. The average Bonchev–Trinajstić information content (AvgIpc) is 2.90. The van der Waals surface area contributed by atoms with Gasteiger partial charge in [-0.3, -0.25) is 4.79 Å². The number of aromatic amines is 1. The number of benzene rings is 1. The number of methoxy groups -OCH3 is 1. The fraction of sp³-hybridized carbons (Fsp3) is 0.375. The minimum absolute atomic E-state index is 0.00530. The van der Waals surface area contributed by atoms with E-state index in [0.717, 1.165) is 34.9 Å². The molecular formula is C16H20N2O3. The third kappa shape index (κ3) is 4.08. The topological polar surface area (TPSA) is 71.2 Å². The lowest BCUT2D eigenvalue weighted by Crippen LogP contribution is -2.25. The molecule has 0 spiro atoms. The Balaban J connectivity index is 1.88. The first-order chi connectivity index (χ1) is 10.2. The van der Waals surface area contributed by atoms with Gasteiger partial charge >= 0.3 is 0 Å². The Bertz CT molecular complexity index is 619. The number of unbranched alkanes of at least 4 members (excludes halogenated alkanes) is 1. The molecule has 0 unspecified atom stereocenters. The monoisotopic (exact) mass is 288 g/mol. The summed E-state index contributed by atoms with van der Waals surface area (Å²) < 4.78 is 5.23. The molecule has 2 aromatic rings. The number of H-pyrrole nitrogens is 1. The zero-order valence-corrected chi connectivity index (χ0v) is 12.1. The second-order valence-electron chi connectivity index (χ2n) is 4.88. The van der Waals surface area contributed by atoms with Gasteiger partial charge in [-0.05, 0) is 36.6 Å². The first kappa shape index (κ1) is 15.1. The van der Waals surface area contributed by atoms with E-state index < -0.39 is 0 Å². The highest BCUT2D eigenvalue weighted by Gasteiger charge is 2.06. The van der Waals surface area contributed by atoms with Crippen molar-refractivity contribution in [3.8, 4) is 5.75 Å². The molecule has 1 aromatic heterocycles. The third-order valence-corrected chi connectivity index (χ3v) is 3.42. The maximum Gasteiger partial charge on any atom is 0.220 e. The maximum absolute atomic E-state index is 11.6. The number of carbonyl (C=O) groups excluding carboxylic acids is 2. The first-order valence-electron chi connectivity index (χ1n) is 7.09. The number of amides is 1. The number of aldehydes is 1. The van der Waals surface area contributed by atoms with Gasteiger partial charge in [0.1, 0.15) is 12.0 Å². The van der Waals surface area contributed by atoms with Crippen molar-refractivity contribution in [2.75, 3.05) is 13.7 Å². The van der Waals surface area contributed by atoms with E-state index in [1.165, 1.54) is 0 Å². The Morgan fingerprint density at radius 1 is 1.43 bits per heavy atom. The van der Waals surface area contributed by atoms with Crippen LogP contribution in [0, 0.1) is 0 Å². The minimum Gasteiger partial charge on any atom is -0.497 e. The van der Waals surface area contributed by atoms with Crippen molar-refractivity contribution in [3.05, 3.63) is 30.0 Å². The highest BCUT2D eigenvalue weighted by atomic mass is 16.5. The number of ether oxygens (including phenoxy) is 1. The molecule has 2 N–H and O–H groups in total. The van der Waals surface area contributed by atoms with E-state index in [1.807, 2.05) is 24.4 Å². The Morgan fingerprint density at radius 3 is 3.05 bits per heavy atom. The quantitative estimate of drug-likeness (QED) is 0.578. The highest BCUT2D eigenvalue weighted by Crippen LogP contribution is 2.23. The Kier molecular flexibility index (Phi) is 5.37. The zero-order chi connectivity index (χ0) is 15.1. The summed E-state index contributed by atoms with van der Waals surface area (Å²) in [5.74, 6) is 0.815. The second-order valence-corrected chi connectivity index (χ2v) is 4.88. The van der Waals surface area contributed by atoms with E-state index in [1.54, 1.807) is 7.11 Å². The standard InChI is InChI=1S/C16H20N2O3/c1-21-13-5-6-15-14(10-13)12(11-18-15)7-8-17-16(20)4-2-3-9-19/h5-6,9-11,18H,2-4,7-8H2,1H3,(H,17,20). The van der Waals surface area contributed by atoms with E-state index in [9.17, 15) is 9.59 Å². The van der Waals surface area contributed by atoms with Crippen LogP contribution in [0.5, 0.6) is 5.75 Å². The molecule has 0 atom stereocenters. The van der Waals surface area contributed by atoms with Crippen LogP contribution < -0.4 is 10.1 Å². The first-order valence-corrected chi connectivity index (χ1v) is 7.09. The molecule has 112 valence electrons. The molecule has 1 aromatic carbocycles. The molecule has 0 saturated heterocycles. The molecule has 0 aliphatic heterocycles. The number of fused-ring (bicyclic) bond motifs is 1. The second kappa shape index (κ2) is 7.47. The van der Waals surface area contributed by atoms with E-state index in [-0.39, 0.29) is 5.91 Å². The summed E-state index contributed by atoms with van der Waals surface area (Å²) in [5.41, 5.74) is 2.21. The Hall–Kier alpha value is -2.30. The molecule has 21 heavy (non-hydrogen) atoms. The van der Waals surface area contributed by atoms with E-state index in [2.05, 4.69) is 10.3 Å². The van der Waals surface area contributed by atoms with Crippen LogP contribution in [-0.2, 0) is 16.0 Å². The summed E-state index contributed by atoms with van der Waals surface area (Å²) in [7, 11) is 1.65. The van der Waals surface area contributed by atoms with E-state index in [4.69, 9.17) is 4.74 Å². The molecule has 0 aliphatic rings. The van der Waals surface area contributed by atoms with Crippen LogP contribution in [0.25, 0.3) is 10.9 Å². The predicted molar refractivity (Wildman–Crippen MR) is 81.5 cm³/mol. The molecule has 0 bridgehead atoms. The van der Waals surface area contributed by atoms with Gasteiger partial charge in [-0.2, -0.15) is 0 Å². The summed E-state index contributed by atoms with van der Waals surface area (Å²) in [6.45, 7) is 0.587. The van der Waals surface area contributed by atoms with Gasteiger partial charge in [0.05, 0.1) is 7.11 Å². The van der Waals surface area contributed by atoms with Crippen LogP contribution >= 0.6 is 0 Å². The average molecular weight is 288 g/mol. The van der Waals surface area contributed by atoms with Crippen molar-refractivity contribution in [2.45, 2.75) is 25.7 Å². The van der Waals surface area contributed by atoms with Crippen LogP contribution in [0.15, 0.2) is 24.4 Å². The zero-order valence-electron chi connectivity index (χ0n) is 12.1. The fourth-order valence-electron chi connectivity index (χ4n) is 2.26. The summed E-state index contributed by atoms with van der Waals surface area (Å²) >= 11 is 0. The molecule has 2 rings (SSSR count). The van der Waals surface area contributed by atoms with Gasteiger partial charge < -0.3 is 19.8 Å². The number of hydrogen-bond acceptors (Lipinski definition) is 3. The minimum atomic E-state index is -0.00530. The summed E-state index contributed by atoms with van der Waals surface area (Å²) in [6.07, 6.45) is 5.01. The van der Waals surface area contributed by atoms with Crippen LogP contribution in [-0.4, -0.2) is 30.8 Å². The highest BCUT2D eigenvalue weighted by molar-refractivity contribution is 5.84.